The summed E-state index contributed by atoms with van der Waals surface area (Å²) in [5.41, 5.74) is 5.61. The van der Waals surface area contributed by atoms with E-state index in [2.05, 4.69) is 24.7 Å². The minimum Gasteiger partial charge on any atom is -0.368 e. The van der Waals surface area contributed by atoms with Crippen LogP contribution in [0, 0.1) is 0 Å². The van der Waals surface area contributed by atoms with Gasteiger partial charge in [-0.05, 0) is 43.5 Å². The first-order valence-corrected chi connectivity index (χ1v) is 7.34. The van der Waals surface area contributed by atoms with Gasteiger partial charge in [-0.2, -0.15) is 0 Å². The Morgan fingerprint density at radius 1 is 1.21 bits per heavy atom. The van der Waals surface area contributed by atoms with Gasteiger partial charge in [0.25, 0.3) is 0 Å². The first-order valence-electron chi connectivity index (χ1n) is 6.52. The van der Waals surface area contributed by atoms with Crippen LogP contribution in [-0.4, -0.2) is 24.7 Å². The van der Waals surface area contributed by atoms with Crippen LogP contribution in [0.4, 0.5) is 5.95 Å². The topological polar surface area (TPSA) is 82.5 Å². The third-order valence-electron chi connectivity index (χ3n) is 3.39. The van der Waals surface area contributed by atoms with E-state index < -0.39 is 0 Å². The van der Waals surface area contributed by atoms with E-state index in [1.807, 2.05) is 6.07 Å². The minimum atomic E-state index is 0.296. The molecule has 98 valence electrons. The molecule has 0 amide bonds. The highest BCUT2D eigenvalue weighted by molar-refractivity contribution is 7.99. The summed E-state index contributed by atoms with van der Waals surface area (Å²) in [5.74, 6) is 2.08. The molecular weight excluding hydrogens is 260 g/mol. The van der Waals surface area contributed by atoms with Gasteiger partial charge in [-0.3, -0.25) is 0 Å². The molecule has 0 spiro atoms. The number of nitrogens with zero attached hydrogens (tertiary/aromatic N) is 5. The van der Waals surface area contributed by atoms with Crippen molar-refractivity contribution in [2.24, 2.45) is 0 Å². The molecule has 2 aliphatic carbocycles. The quantitative estimate of drug-likeness (QED) is 0.859. The summed E-state index contributed by atoms with van der Waals surface area (Å²) in [7, 11) is 0. The molecule has 0 bridgehead atoms. The molecule has 0 atom stereocenters. The number of hydrogen-bond acceptors (Lipinski definition) is 6. The van der Waals surface area contributed by atoms with Gasteiger partial charge in [-0.15, -0.1) is 10.2 Å². The van der Waals surface area contributed by atoms with E-state index in [9.17, 15) is 0 Å². The lowest BCUT2D eigenvalue weighted by molar-refractivity contribution is 0.626. The number of rotatable bonds is 4. The lowest BCUT2D eigenvalue weighted by atomic mass is 10.4. The summed E-state index contributed by atoms with van der Waals surface area (Å²) in [4.78, 5) is 8.11. The van der Waals surface area contributed by atoms with Crippen LogP contribution in [0.1, 0.15) is 43.5 Å². The first kappa shape index (κ1) is 11.2. The molecule has 0 saturated heterocycles. The molecule has 2 heterocycles. The fourth-order valence-electron chi connectivity index (χ4n) is 2.16. The van der Waals surface area contributed by atoms with Crippen LogP contribution in [0.5, 0.6) is 0 Å². The lowest BCUT2D eigenvalue weighted by Crippen LogP contribution is -2.02. The van der Waals surface area contributed by atoms with Crippen LogP contribution in [0.15, 0.2) is 22.4 Å². The number of anilines is 1. The van der Waals surface area contributed by atoms with E-state index in [0.717, 1.165) is 16.0 Å². The third-order valence-corrected chi connectivity index (χ3v) is 4.29. The Morgan fingerprint density at radius 3 is 2.74 bits per heavy atom. The molecule has 0 aliphatic heterocycles. The fourth-order valence-corrected chi connectivity index (χ4v) is 3.04. The number of hydrogen-bond donors (Lipinski definition) is 1. The van der Waals surface area contributed by atoms with Gasteiger partial charge in [-0.25, -0.2) is 9.97 Å². The van der Waals surface area contributed by atoms with Gasteiger partial charge in [0, 0.05) is 18.2 Å². The van der Waals surface area contributed by atoms with Crippen molar-refractivity contribution >= 4 is 17.7 Å². The molecule has 2 aliphatic rings. The summed E-state index contributed by atoms with van der Waals surface area (Å²) in [6.07, 6.45) is 6.63. The molecule has 2 aromatic rings. The maximum atomic E-state index is 5.61. The molecule has 0 unspecified atom stereocenters. The van der Waals surface area contributed by atoms with Crippen LogP contribution in [-0.2, 0) is 0 Å². The smallest absolute Gasteiger partial charge is 0.221 e. The van der Waals surface area contributed by atoms with Crippen molar-refractivity contribution in [1.82, 2.24) is 24.7 Å². The first-order chi connectivity index (χ1) is 9.31. The Kier molecular flexibility index (Phi) is 2.48. The molecule has 0 aromatic carbocycles. The zero-order valence-corrected chi connectivity index (χ0v) is 11.2. The number of aromatic nitrogens is 5. The Morgan fingerprint density at radius 2 is 2.05 bits per heavy atom. The van der Waals surface area contributed by atoms with Gasteiger partial charge in [0.15, 0.2) is 5.16 Å². The third kappa shape index (κ3) is 2.18. The molecule has 2 fully saturated rings. The largest absolute Gasteiger partial charge is 0.368 e. The van der Waals surface area contributed by atoms with Gasteiger partial charge in [0.2, 0.25) is 5.95 Å². The van der Waals surface area contributed by atoms with Crippen molar-refractivity contribution < 1.29 is 0 Å². The van der Waals surface area contributed by atoms with Crippen LogP contribution in [0.2, 0.25) is 0 Å². The van der Waals surface area contributed by atoms with Crippen molar-refractivity contribution in [2.75, 3.05) is 5.73 Å². The highest BCUT2D eigenvalue weighted by Gasteiger charge is 2.36. The van der Waals surface area contributed by atoms with E-state index >= 15 is 0 Å². The predicted octanol–water partition coefficient (Wildman–Crippen LogP) is 2.01. The maximum Gasteiger partial charge on any atom is 0.221 e. The van der Waals surface area contributed by atoms with E-state index in [0.29, 0.717) is 17.9 Å². The molecule has 19 heavy (non-hydrogen) atoms. The maximum absolute atomic E-state index is 5.61. The summed E-state index contributed by atoms with van der Waals surface area (Å²) >= 11 is 1.52. The normalized spacial score (nSPS) is 18.7. The highest BCUT2D eigenvalue weighted by atomic mass is 32.2. The standard InChI is InChI=1S/C12H14N6S/c13-11-14-6-5-9(15-11)19-12-17-16-10(7-1-2-7)18(12)8-3-4-8/h5-8H,1-4H2,(H2,13,14,15). The molecule has 4 rings (SSSR count). The zero-order valence-electron chi connectivity index (χ0n) is 10.4. The van der Waals surface area contributed by atoms with E-state index in [4.69, 9.17) is 5.73 Å². The molecule has 6 nitrogen and oxygen atoms in total. The summed E-state index contributed by atoms with van der Waals surface area (Å²) < 4.78 is 2.31. The summed E-state index contributed by atoms with van der Waals surface area (Å²) in [6, 6.07) is 2.44. The monoisotopic (exact) mass is 274 g/mol. The van der Waals surface area contributed by atoms with Crippen molar-refractivity contribution in [2.45, 2.75) is 47.8 Å². The zero-order chi connectivity index (χ0) is 12.8. The van der Waals surface area contributed by atoms with Crippen LogP contribution in [0.25, 0.3) is 0 Å². The van der Waals surface area contributed by atoms with E-state index in [1.54, 1.807) is 6.20 Å². The molecule has 7 heteroatoms. The highest BCUT2D eigenvalue weighted by Crippen LogP contribution is 2.46. The average molecular weight is 274 g/mol. The van der Waals surface area contributed by atoms with Gasteiger partial charge in [0.05, 0.1) is 0 Å². The Hall–Kier alpha value is -1.63. The van der Waals surface area contributed by atoms with Gasteiger partial charge in [0.1, 0.15) is 10.9 Å². The second-order valence-corrected chi connectivity index (χ2v) is 6.06. The predicted molar refractivity (Wildman–Crippen MR) is 70.8 cm³/mol. The average Bonchev–Trinajstić information content (AvgIpc) is 3.30. The van der Waals surface area contributed by atoms with E-state index in [-0.39, 0.29) is 0 Å². The van der Waals surface area contributed by atoms with Gasteiger partial charge in [-0.1, -0.05) is 0 Å². The minimum absolute atomic E-state index is 0.296. The molecule has 2 aromatic heterocycles. The van der Waals surface area contributed by atoms with Crippen LogP contribution >= 0.6 is 11.8 Å². The molecular formula is C12H14N6S. The van der Waals surface area contributed by atoms with Gasteiger partial charge < -0.3 is 10.3 Å². The Labute approximate surface area is 114 Å². The van der Waals surface area contributed by atoms with Crippen molar-refractivity contribution in [1.29, 1.82) is 0 Å². The molecule has 2 N–H and O–H groups in total. The number of nitrogen functional groups attached to an aromatic ring is 1. The number of nitrogens with two attached hydrogens (primary N) is 1. The van der Waals surface area contributed by atoms with Crippen molar-refractivity contribution in [3.8, 4) is 0 Å². The fraction of sp³-hybridized carbons (Fsp3) is 0.500. The lowest BCUT2D eigenvalue weighted by Gasteiger charge is -2.07. The van der Waals surface area contributed by atoms with Crippen LogP contribution in [0.3, 0.4) is 0 Å². The Balaban J connectivity index is 1.67. The Bertz CT molecular complexity index is 616. The van der Waals surface area contributed by atoms with E-state index in [1.165, 1.54) is 37.4 Å². The van der Waals surface area contributed by atoms with Gasteiger partial charge >= 0.3 is 0 Å². The summed E-state index contributed by atoms with van der Waals surface area (Å²) in [6.45, 7) is 0. The molecule has 0 radical (unpaired) electrons. The SMILES string of the molecule is Nc1nccc(Sc2nnc(C3CC3)n2C2CC2)n1. The second kappa shape index (κ2) is 4.19. The molecule has 2 saturated carbocycles. The summed E-state index contributed by atoms with van der Waals surface area (Å²) in [5, 5.41) is 10.5. The van der Waals surface area contributed by atoms with Crippen LogP contribution < -0.4 is 5.73 Å². The van der Waals surface area contributed by atoms with Crippen molar-refractivity contribution in [3.63, 3.8) is 0 Å². The second-order valence-electron chi connectivity index (χ2n) is 5.07. The van der Waals surface area contributed by atoms with Crippen molar-refractivity contribution in [3.05, 3.63) is 18.1 Å².